The third-order valence-corrected chi connectivity index (χ3v) is 5.53. The fraction of sp³-hybridized carbons (Fsp3) is 0.400. The molecule has 0 spiro atoms. The first-order valence-corrected chi connectivity index (χ1v) is 9.17. The molecule has 0 aliphatic carbocycles. The van der Waals surface area contributed by atoms with E-state index in [-0.39, 0.29) is 5.91 Å². The Morgan fingerprint density at radius 1 is 1.55 bits per heavy atom. The van der Waals surface area contributed by atoms with Gasteiger partial charge in [0.25, 0.3) is 0 Å². The average Bonchev–Trinajstić information content (AvgIpc) is 2.99. The Bertz CT molecular complexity index is 633. The van der Waals surface area contributed by atoms with Gasteiger partial charge in [-0.25, -0.2) is 4.98 Å². The van der Waals surface area contributed by atoms with E-state index in [1.165, 1.54) is 11.3 Å². The molecule has 2 aromatic heterocycles. The molecular formula is C15H19BN3OS2. The maximum atomic E-state index is 12.4. The lowest BCUT2D eigenvalue weighted by Gasteiger charge is -2.18. The van der Waals surface area contributed by atoms with Crippen LogP contribution in [0.2, 0.25) is 6.82 Å². The minimum Gasteiger partial charge on any atom is -0.306 e. The van der Waals surface area contributed by atoms with Crippen LogP contribution in [0.4, 0.5) is 5.00 Å². The number of rotatable bonds is 6. The van der Waals surface area contributed by atoms with Crippen molar-refractivity contribution in [2.24, 2.45) is 0 Å². The number of thiazole rings is 1. The van der Waals surface area contributed by atoms with Crippen LogP contribution in [0, 0.1) is 0 Å². The maximum Gasteiger partial charge on any atom is 0.228 e. The molecule has 0 aliphatic rings. The lowest BCUT2D eigenvalue weighted by molar-refractivity contribution is -0.118. The summed E-state index contributed by atoms with van der Waals surface area (Å²) in [5, 5.41) is 2.09. The van der Waals surface area contributed by atoms with Crippen molar-refractivity contribution in [3.63, 3.8) is 0 Å². The third-order valence-electron chi connectivity index (χ3n) is 3.36. The number of aromatic nitrogens is 2. The Kier molecular flexibility index (Phi) is 6.02. The monoisotopic (exact) mass is 332 g/mol. The highest BCUT2D eigenvalue weighted by molar-refractivity contribution is 7.99. The predicted octanol–water partition coefficient (Wildman–Crippen LogP) is 2.69. The summed E-state index contributed by atoms with van der Waals surface area (Å²) in [5.41, 5.74) is 1.82. The van der Waals surface area contributed by atoms with Crippen molar-refractivity contribution in [2.45, 2.75) is 25.4 Å². The molecule has 2 rings (SSSR count). The topological polar surface area (TPSA) is 46.1 Å². The quantitative estimate of drug-likeness (QED) is 0.763. The number of hydrogen-bond acceptors (Lipinski definition) is 5. The Morgan fingerprint density at radius 3 is 2.91 bits per heavy atom. The van der Waals surface area contributed by atoms with Gasteiger partial charge in [-0.2, -0.15) is 11.8 Å². The molecule has 0 aromatic carbocycles. The minimum absolute atomic E-state index is 0.117. The Morgan fingerprint density at radius 2 is 2.32 bits per heavy atom. The molecule has 1 radical (unpaired) electrons. The predicted molar refractivity (Wildman–Crippen MR) is 97.6 cm³/mol. The van der Waals surface area contributed by atoms with E-state index in [1.54, 1.807) is 29.1 Å². The van der Waals surface area contributed by atoms with Crippen molar-refractivity contribution in [2.75, 3.05) is 18.2 Å². The number of carbonyl (C=O) groups excluding carboxylic acids is 1. The fourth-order valence-electron chi connectivity index (χ4n) is 1.94. The molecule has 0 saturated carbocycles. The van der Waals surface area contributed by atoms with Gasteiger partial charge in [0, 0.05) is 42.3 Å². The van der Waals surface area contributed by atoms with Crippen LogP contribution in [0.3, 0.4) is 0 Å². The molecule has 0 saturated heterocycles. The van der Waals surface area contributed by atoms with E-state index >= 15 is 0 Å². The zero-order valence-electron chi connectivity index (χ0n) is 13.2. The van der Waals surface area contributed by atoms with Gasteiger partial charge in [0.1, 0.15) is 10.0 Å². The molecule has 22 heavy (non-hydrogen) atoms. The molecule has 1 unspecified atom stereocenters. The molecule has 7 heteroatoms. The summed E-state index contributed by atoms with van der Waals surface area (Å²) in [4.78, 5) is 22.9. The van der Waals surface area contributed by atoms with E-state index in [2.05, 4.69) is 16.9 Å². The zero-order chi connectivity index (χ0) is 16.1. The first-order valence-electron chi connectivity index (χ1n) is 7.06. The summed E-state index contributed by atoms with van der Waals surface area (Å²) >= 11 is 3.23. The number of anilines is 1. The summed E-state index contributed by atoms with van der Waals surface area (Å²) in [6.07, 6.45) is 6.08. The second-order valence-electron chi connectivity index (χ2n) is 4.94. The van der Waals surface area contributed by atoms with Crippen molar-refractivity contribution < 1.29 is 4.79 Å². The van der Waals surface area contributed by atoms with Crippen LogP contribution in [-0.4, -0.2) is 41.7 Å². The van der Waals surface area contributed by atoms with E-state index in [0.717, 1.165) is 21.2 Å². The molecule has 0 bridgehead atoms. The molecule has 2 heterocycles. The van der Waals surface area contributed by atoms with Gasteiger partial charge in [0.2, 0.25) is 5.91 Å². The first kappa shape index (κ1) is 17.0. The Balaban J connectivity index is 2.27. The SMILES string of the molecule is C[B]c1nc(-c2cccnc2)sc1N(C)C(=O)CC(C)SC. The summed E-state index contributed by atoms with van der Waals surface area (Å²) in [7, 11) is 3.76. The van der Waals surface area contributed by atoms with Gasteiger partial charge < -0.3 is 4.90 Å². The van der Waals surface area contributed by atoms with E-state index in [4.69, 9.17) is 0 Å². The molecule has 0 aliphatic heterocycles. The van der Waals surface area contributed by atoms with Crippen molar-refractivity contribution in [1.82, 2.24) is 9.97 Å². The van der Waals surface area contributed by atoms with Gasteiger partial charge in [-0.05, 0) is 18.4 Å². The molecule has 0 N–H and O–H groups in total. The number of amides is 1. The van der Waals surface area contributed by atoms with E-state index in [1.807, 2.05) is 39.5 Å². The molecule has 1 atom stereocenters. The van der Waals surface area contributed by atoms with E-state index in [0.29, 0.717) is 11.7 Å². The Hall–Kier alpha value is -1.34. The standard InChI is InChI=1S/C15H19BN3OS2/c1-10(21-4)8-12(20)19(3)15-13(16-2)18-14(22-15)11-6-5-7-17-9-11/h5-7,9-10H,8H2,1-4H3. The fourth-order valence-corrected chi connectivity index (χ4v) is 3.33. The van der Waals surface area contributed by atoms with Gasteiger partial charge in [-0.1, -0.05) is 25.1 Å². The number of carbonyl (C=O) groups is 1. The second-order valence-corrected chi connectivity index (χ2v) is 7.20. The normalized spacial score (nSPS) is 12.0. The second kappa shape index (κ2) is 7.79. The Labute approximate surface area is 140 Å². The van der Waals surface area contributed by atoms with Crippen LogP contribution in [0.1, 0.15) is 13.3 Å². The van der Waals surface area contributed by atoms with Crippen molar-refractivity contribution >= 4 is 46.9 Å². The van der Waals surface area contributed by atoms with Crippen LogP contribution in [0.25, 0.3) is 10.6 Å². The average molecular weight is 332 g/mol. The van der Waals surface area contributed by atoms with Gasteiger partial charge in [0.05, 0.1) is 0 Å². The van der Waals surface area contributed by atoms with Gasteiger partial charge in [-0.3, -0.25) is 9.78 Å². The van der Waals surface area contributed by atoms with Gasteiger partial charge in [-0.15, -0.1) is 0 Å². The molecule has 115 valence electrons. The number of pyridine rings is 1. The van der Waals surface area contributed by atoms with Crippen molar-refractivity contribution in [3.8, 4) is 10.6 Å². The molecule has 1 amide bonds. The van der Waals surface area contributed by atoms with E-state index in [9.17, 15) is 4.79 Å². The van der Waals surface area contributed by atoms with Gasteiger partial charge in [0.15, 0.2) is 7.28 Å². The molecular weight excluding hydrogens is 313 g/mol. The minimum atomic E-state index is 0.117. The summed E-state index contributed by atoms with van der Waals surface area (Å²) in [6, 6.07) is 3.87. The molecule has 2 aromatic rings. The lowest BCUT2D eigenvalue weighted by Crippen LogP contribution is -2.32. The largest absolute Gasteiger partial charge is 0.306 e. The van der Waals surface area contributed by atoms with Gasteiger partial charge >= 0.3 is 0 Å². The van der Waals surface area contributed by atoms with Crippen LogP contribution in [0.5, 0.6) is 0 Å². The zero-order valence-corrected chi connectivity index (χ0v) is 14.9. The van der Waals surface area contributed by atoms with Crippen molar-refractivity contribution in [3.05, 3.63) is 24.5 Å². The molecule has 0 fully saturated rings. The lowest BCUT2D eigenvalue weighted by atomic mass is 9.78. The van der Waals surface area contributed by atoms with Crippen molar-refractivity contribution in [1.29, 1.82) is 0 Å². The maximum absolute atomic E-state index is 12.4. The third kappa shape index (κ3) is 3.90. The summed E-state index contributed by atoms with van der Waals surface area (Å²) in [5.74, 6) is 0.117. The van der Waals surface area contributed by atoms with Crippen LogP contribution in [-0.2, 0) is 4.79 Å². The highest BCUT2D eigenvalue weighted by Gasteiger charge is 2.20. The van der Waals surface area contributed by atoms with Crippen LogP contribution in [0.15, 0.2) is 24.5 Å². The van der Waals surface area contributed by atoms with Crippen LogP contribution < -0.4 is 10.5 Å². The number of thioether (sulfide) groups is 1. The molecule has 4 nitrogen and oxygen atoms in total. The number of hydrogen-bond donors (Lipinski definition) is 0. The summed E-state index contributed by atoms with van der Waals surface area (Å²) < 4.78 is 0. The highest BCUT2D eigenvalue weighted by Crippen LogP contribution is 2.29. The van der Waals surface area contributed by atoms with Crippen LogP contribution >= 0.6 is 23.1 Å². The highest BCUT2D eigenvalue weighted by atomic mass is 32.2. The van der Waals surface area contributed by atoms with E-state index < -0.39 is 0 Å². The first-order chi connectivity index (χ1) is 10.6. The number of nitrogens with zero attached hydrogens (tertiary/aromatic N) is 3. The summed E-state index contributed by atoms with van der Waals surface area (Å²) in [6.45, 7) is 4.01. The smallest absolute Gasteiger partial charge is 0.228 e.